The third-order valence-corrected chi connectivity index (χ3v) is 3.46. The first-order valence-corrected chi connectivity index (χ1v) is 6.61. The molecular weight excluding hydrogens is 224 g/mol. The van der Waals surface area contributed by atoms with Crippen molar-refractivity contribution in [2.45, 2.75) is 12.8 Å². The van der Waals surface area contributed by atoms with Gasteiger partial charge in [-0.2, -0.15) is 0 Å². The SMILES string of the molecule is C=Cc1ccc(OCC2CCNCC2)cc1NC. The van der Waals surface area contributed by atoms with Gasteiger partial charge in [0.05, 0.1) is 6.61 Å². The number of rotatable bonds is 5. The Morgan fingerprint density at radius 2 is 2.22 bits per heavy atom. The van der Waals surface area contributed by atoms with Crippen LogP contribution in [-0.2, 0) is 0 Å². The topological polar surface area (TPSA) is 33.3 Å². The van der Waals surface area contributed by atoms with Crippen LogP contribution in [0.25, 0.3) is 6.08 Å². The Hall–Kier alpha value is -1.48. The number of hydrogen-bond donors (Lipinski definition) is 2. The fourth-order valence-corrected chi connectivity index (χ4v) is 2.28. The second-order valence-electron chi connectivity index (χ2n) is 4.71. The van der Waals surface area contributed by atoms with Gasteiger partial charge < -0.3 is 15.4 Å². The van der Waals surface area contributed by atoms with Crippen LogP contribution in [0.1, 0.15) is 18.4 Å². The van der Waals surface area contributed by atoms with Crippen molar-refractivity contribution >= 4 is 11.8 Å². The zero-order valence-corrected chi connectivity index (χ0v) is 11.0. The predicted molar refractivity (Wildman–Crippen MR) is 77.2 cm³/mol. The van der Waals surface area contributed by atoms with Crippen LogP contribution in [0.2, 0.25) is 0 Å². The van der Waals surface area contributed by atoms with Crippen LogP contribution in [0.15, 0.2) is 24.8 Å². The van der Waals surface area contributed by atoms with Crippen molar-refractivity contribution in [1.82, 2.24) is 5.32 Å². The van der Waals surface area contributed by atoms with Gasteiger partial charge in [0.25, 0.3) is 0 Å². The van der Waals surface area contributed by atoms with Crippen molar-refractivity contribution < 1.29 is 4.74 Å². The number of benzene rings is 1. The van der Waals surface area contributed by atoms with Gasteiger partial charge in [-0.3, -0.25) is 0 Å². The molecule has 1 fully saturated rings. The summed E-state index contributed by atoms with van der Waals surface area (Å²) in [5.41, 5.74) is 2.17. The number of hydrogen-bond acceptors (Lipinski definition) is 3. The van der Waals surface area contributed by atoms with Crippen LogP contribution >= 0.6 is 0 Å². The maximum absolute atomic E-state index is 5.89. The summed E-state index contributed by atoms with van der Waals surface area (Å²) in [7, 11) is 1.92. The molecule has 0 aromatic heterocycles. The molecule has 3 nitrogen and oxygen atoms in total. The quantitative estimate of drug-likeness (QED) is 0.838. The molecule has 3 heteroatoms. The third-order valence-electron chi connectivity index (χ3n) is 3.46. The van der Waals surface area contributed by atoms with Crippen LogP contribution in [0.4, 0.5) is 5.69 Å². The van der Waals surface area contributed by atoms with Crippen LogP contribution in [0.5, 0.6) is 5.75 Å². The molecule has 0 unspecified atom stereocenters. The highest BCUT2D eigenvalue weighted by Gasteiger charge is 2.13. The summed E-state index contributed by atoms with van der Waals surface area (Å²) in [6.45, 7) is 6.85. The molecule has 1 aromatic carbocycles. The van der Waals surface area contributed by atoms with E-state index in [1.54, 1.807) is 0 Å². The monoisotopic (exact) mass is 246 g/mol. The predicted octanol–water partition coefficient (Wildman–Crippen LogP) is 2.75. The normalized spacial score (nSPS) is 16.3. The highest BCUT2D eigenvalue weighted by atomic mass is 16.5. The highest BCUT2D eigenvalue weighted by molar-refractivity contribution is 5.67. The Balaban J connectivity index is 1.94. The summed E-state index contributed by atoms with van der Waals surface area (Å²) in [5.74, 6) is 1.62. The number of anilines is 1. The Kier molecular flexibility index (Phi) is 4.65. The van der Waals surface area contributed by atoms with Crippen molar-refractivity contribution in [2.75, 3.05) is 32.1 Å². The second-order valence-corrected chi connectivity index (χ2v) is 4.71. The van der Waals surface area contributed by atoms with E-state index in [4.69, 9.17) is 4.74 Å². The molecule has 0 saturated carbocycles. The smallest absolute Gasteiger partial charge is 0.121 e. The Morgan fingerprint density at radius 3 is 2.89 bits per heavy atom. The summed E-state index contributed by atoms with van der Waals surface area (Å²) in [6.07, 6.45) is 4.27. The van der Waals surface area contributed by atoms with Crippen LogP contribution in [-0.4, -0.2) is 26.7 Å². The van der Waals surface area contributed by atoms with Crippen molar-refractivity contribution in [3.63, 3.8) is 0 Å². The fraction of sp³-hybridized carbons (Fsp3) is 0.467. The van der Waals surface area contributed by atoms with Crippen LogP contribution < -0.4 is 15.4 Å². The molecule has 0 bridgehead atoms. The van der Waals surface area contributed by atoms with Crippen molar-refractivity contribution in [3.05, 3.63) is 30.3 Å². The van der Waals surface area contributed by atoms with Gasteiger partial charge in [-0.05, 0) is 49.5 Å². The van der Waals surface area contributed by atoms with Gasteiger partial charge in [0.15, 0.2) is 0 Å². The maximum Gasteiger partial charge on any atom is 0.121 e. The van der Waals surface area contributed by atoms with E-state index in [1.165, 1.54) is 12.8 Å². The van der Waals surface area contributed by atoms with Gasteiger partial charge in [-0.25, -0.2) is 0 Å². The molecule has 2 N–H and O–H groups in total. The molecule has 1 aliphatic rings. The lowest BCUT2D eigenvalue weighted by molar-refractivity contribution is 0.215. The van der Waals surface area contributed by atoms with Crippen LogP contribution in [0.3, 0.4) is 0 Å². The largest absolute Gasteiger partial charge is 0.493 e. The molecule has 1 aromatic rings. The van der Waals surface area contributed by atoms with Gasteiger partial charge >= 0.3 is 0 Å². The van der Waals surface area contributed by atoms with E-state index in [0.29, 0.717) is 5.92 Å². The lowest BCUT2D eigenvalue weighted by Gasteiger charge is -2.22. The zero-order valence-electron chi connectivity index (χ0n) is 11.0. The van der Waals surface area contributed by atoms with Crippen molar-refractivity contribution in [2.24, 2.45) is 5.92 Å². The molecule has 18 heavy (non-hydrogen) atoms. The molecule has 0 radical (unpaired) electrons. The Morgan fingerprint density at radius 1 is 1.44 bits per heavy atom. The first-order chi connectivity index (χ1) is 8.83. The number of ether oxygens (including phenoxy) is 1. The molecule has 0 atom stereocenters. The molecule has 0 spiro atoms. The Bertz CT molecular complexity index is 397. The number of piperidine rings is 1. The van der Waals surface area contributed by atoms with Gasteiger partial charge in [0.1, 0.15) is 5.75 Å². The maximum atomic E-state index is 5.89. The van der Waals surface area contributed by atoms with E-state index in [9.17, 15) is 0 Å². The summed E-state index contributed by atoms with van der Waals surface area (Å²) in [5, 5.41) is 6.53. The molecular formula is C15H22N2O. The van der Waals surface area contributed by atoms with E-state index >= 15 is 0 Å². The second kappa shape index (κ2) is 6.45. The average Bonchev–Trinajstić information content (AvgIpc) is 2.45. The standard InChI is InChI=1S/C15H22N2O/c1-3-13-4-5-14(10-15(13)16-2)18-11-12-6-8-17-9-7-12/h3-5,10,12,16-17H,1,6-9,11H2,2H3. The highest BCUT2D eigenvalue weighted by Crippen LogP contribution is 2.24. The van der Waals surface area contributed by atoms with Gasteiger partial charge in [-0.1, -0.05) is 12.7 Å². The average molecular weight is 246 g/mol. The molecule has 0 amide bonds. The van der Waals surface area contributed by atoms with E-state index in [1.807, 2.05) is 31.3 Å². The van der Waals surface area contributed by atoms with Gasteiger partial charge in [0, 0.05) is 18.8 Å². The molecule has 2 rings (SSSR count). The van der Waals surface area contributed by atoms with Crippen LogP contribution in [0, 0.1) is 5.92 Å². The number of nitrogens with one attached hydrogen (secondary N) is 2. The first kappa shape index (κ1) is 13.0. The Labute approximate surface area is 109 Å². The van der Waals surface area contributed by atoms with E-state index in [-0.39, 0.29) is 0 Å². The van der Waals surface area contributed by atoms with Gasteiger partial charge in [-0.15, -0.1) is 0 Å². The van der Waals surface area contributed by atoms with Crippen molar-refractivity contribution in [3.8, 4) is 5.75 Å². The van der Waals surface area contributed by atoms with E-state index in [2.05, 4.69) is 17.2 Å². The summed E-state index contributed by atoms with van der Waals surface area (Å²) in [6, 6.07) is 6.09. The molecule has 1 heterocycles. The van der Waals surface area contributed by atoms with E-state index in [0.717, 1.165) is 36.7 Å². The minimum Gasteiger partial charge on any atom is -0.493 e. The summed E-state index contributed by atoms with van der Waals surface area (Å²) in [4.78, 5) is 0. The van der Waals surface area contributed by atoms with E-state index < -0.39 is 0 Å². The zero-order chi connectivity index (χ0) is 12.8. The molecule has 1 saturated heterocycles. The lowest BCUT2D eigenvalue weighted by atomic mass is 9.99. The summed E-state index contributed by atoms with van der Waals surface area (Å²) >= 11 is 0. The molecule has 98 valence electrons. The van der Waals surface area contributed by atoms with Crippen molar-refractivity contribution in [1.29, 1.82) is 0 Å². The third kappa shape index (κ3) is 3.26. The molecule has 1 aliphatic heterocycles. The molecule has 0 aliphatic carbocycles. The lowest BCUT2D eigenvalue weighted by Crippen LogP contribution is -2.30. The van der Waals surface area contributed by atoms with Gasteiger partial charge in [0.2, 0.25) is 0 Å². The fourth-order valence-electron chi connectivity index (χ4n) is 2.28. The minimum absolute atomic E-state index is 0.684. The minimum atomic E-state index is 0.684. The summed E-state index contributed by atoms with van der Waals surface area (Å²) < 4.78 is 5.89. The first-order valence-electron chi connectivity index (χ1n) is 6.61.